The fourth-order valence-electron chi connectivity index (χ4n) is 1.37. The molecule has 0 aromatic heterocycles. The molecule has 0 aliphatic carbocycles. The minimum absolute atomic E-state index is 0. The Bertz CT molecular complexity index is 527. The third-order valence-electron chi connectivity index (χ3n) is 2.51. The van der Waals surface area contributed by atoms with E-state index in [0.29, 0.717) is 0 Å². The number of carbonyl (C=O) groups is 6. The minimum atomic E-state index is -2.97. The Kier molecular flexibility index (Phi) is 29.2. The van der Waals surface area contributed by atoms with Crippen LogP contribution in [0.1, 0.15) is 25.7 Å². The van der Waals surface area contributed by atoms with Gasteiger partial charge in [0.15, 0.2) is 0 Å². The van der Waals surface area contributed by atoms with E-state index in [1.165, 1.54) is 0 Å². The van der Waals surface area contributed by atoms with E-state index in [1.54, 1.807) is 0 Å². The molecule has 0 bridgehead atoms. The second-order valence-electron chi connectivity index (χ2n) is 4.83. The molecule has 0 radical (unpaired) electrons. The number of hydrogen-bond donors (Lipinski definition) is 2. The first-order valence-electron chi connectivity index (χ1n) is 6.23. The molecule has 0 aromatic rings. The Morgan fingerprint density at radius 1 is 0.500 bits per heavy atom. The molecule has 0 aliphatic rings. The topological polar surface area (TPSA) is 281 Å². The summed E-state index contributed by atoms with van der Waals surface area (Å²) in [6.45, 7) is 0. The first kappa shape index (κ1) is 44.0. The standard InChI is InChI=1S/2C6H8O7.Al.3Na/c2*7-3(8)1-6(13,5(11)12)2-4(9)10;;;;/h2*13H,1-2H2,(H,7,8)(H,9,10)(H,11,12);;;;/q;;+3;3*+1/p-6. The summed E-state index contributed by atoms with van der Waals surface area (Å²) in [4.78, 5) is 60.0. The van der Waals surface area contributed by atoms with Gasteiger partial charge in [-0.1, -0.05) is 0 Å². The summed E-state index contributed by atoms with van der Waals surface area (Å²) in [7, 11) is 0. The number of carboxylic acids is 6. The van der Waals surface area contributed by atoms with Gasteiger partial charge in [-0.2, -0.15) is 0 Å². The van der Waals surface area contributed by atoms with Crippen molar-refractivity contribution in [1.82, 2.24) is 0 Å². The van der Waals surface area contributed by atoms with Crippen molar-refractivity contribution in [2.24, 2.45) is 0 Å². The Balaban J connectivity index is -0.0000000847. The summed E-state index contributed by atoms with van der Waals surface area (Å²) < 4.78 is 0. The van der Waals surface area contributed by atoms with Crippen LogP contribution in [0.5, 0.6) is 0 Å². The average molecular weight is 474 g/mol. The van der Waals surface area contributed by atoms with Gasteiger partial charge in [-0.15, -0.1) is 0 Å². The molecule has 14 nitrogen and oxygen atoms in total. The van der Waals surface area contributed by atoms with Crippen molar-refractivity contribution >= 4 is 53.2 Å². The van der Waals surface area contributed by atoms with Crippen LogP contribution < -0.4 is 119 Å². The minimum Gasteiger partial charge on any atom is -0.550 e. The number of carbonyl (C=O) groups excluding carboxylic acids is 6. The number of hydrogen-bond acceptors (Lipinski definition) is 14. The molecule has 2 N–H and O–H groups in total. The van der Waals surface area contributed by atoms with Crippen molar-refractivity contribution in [3.63, 3.8) is 0 Å². The van der Waals surface area contributed by atoms with Crippen LogP contribution in [-0.4, -0.2) is 74.6 Å². The molecule has 0 atom stereocenters. The van der Waals surface area contributed by atoms with Crippen LogP contribution in [0.2, 0.25) is 0 Å². The second-order valence-corrected chi connectivity index (χ2v) is 4.83. The summed E-state index contributed by atoms with van der Waals surface area (Å²) in [6, 6.07) is 0. The molecule has 0 aliphatic heterocycles. The van der Waals surface area contributed by atoms with Crippen molar-refractivity contribution < 1.29 is 158 Å². The van der Waals surface area contributed by atoms with Gasteiger partial charge < -0.3 is 69.6 Å². The van der Waals surface area contributed by atoms with Gasteiger partial charge in [0, 0.05) is 49.6 Å². The zero-order chi connectivity index (χ0) is 21.3. The molecule has 18 heteroatoms. The molecule has 0 amide bonds. The van der Waals surface area contributed by atoms with Crippen LogP contribution in [0.4, 0.5) is 0 Å². The Morgan fingerprint density at radius 2 is 0.633 bits per heavy atom. The van der Waals surface area contributed by atoms with E-state index in [0.717, 1.165) is 0 Å². The normalized spacial score (nSPS) is 9.40. The van der Waals surface area contributed by atoms with Gasteiger partial charge in [0.2, 0.25) is 0 Å². The van der Waals surface area contributed by atoms with E-state index in [-0.39, 0.29) is 106 Å². The van der Waals surface area contributed by atoms with Crippen molar-refractivity contribution in [3.8, 4) is 0 Å². The molecule has 0 unspecified atom stereocenters. The van der Waals surface area contributed by atoms with Gasteiger partial charge in [-0.05, 0) is 0 Å². The van der Waals surface area contributed by atoms with Crippen LogP contribution >= 0.6 is 0 Å². The van der Waals surface area contributed by atoms with Crippen LogP contribution in [0.25, 0.3) is 0 Å². The van der Waals surface area contributed by atoms with Crippen LogP contribution in [-0.2, 0) is 28.8 Å². The van der Waals surface area contributed by atoms with Gasteiger partial charge in [-0.3, -0.25) is 0 Å². The predicted octanol–water partition coefficient (Wildman–Crippen LogP) is -19.9. The molecule has 0 saturated carbocycles. The third kappa shape index (κ3) is 20.2. The summed E-state index contributed by atoms with van der Waals surface area (Å²) in [6.07, 6.45) is -5.43. The Labute approximate surface area is 245 Å². The zero-order valence-corrected chi connectivity index (χ0v) is 23.4. The van der Waals surface area contributed by atoms with Crippen molar-refractivity contribution in [2.75, 3.05) is 0 Å². The van der Waals surface area contributed by atoms with Gasteiger partial charge in [0.25, 0.3) is 0 Å². The molecule has 0 rings (SSSR count). The van der Waals surface area contributed by atoms with Crippen LogP contribution in [0.3, 0.4) is 0 Å². The summed E-state index contributed by atoms with van der Waals surface area (Å²) >= 11 is 0. The van der Waals surface area contributed by atoms with E-state index in [4.69, 9.17) is 10.2 Å². The summed E-state index contributed by atoms with van der Waals surface area (Å²) in [5.74, 6) is -12.0. The molecular weight excluding hydrogens is 464 g/mol. The van der Waals surface area contributed by atoms with E-state index in [1.807, 2.05) is 0 Å². The molecular formula is C12H10AlNa3O14. The smallest absolute Gasteiger partial charge is 0.550 e. The number of aliphatic hydroxyl groups is 2. The molecule has 148 valence electrons. The molecule has 0 spiro atoms. The maximum Gasteiger partial charge on any atom is 3.00 e. The van der Waals surface area contributed by atoms with E-state index in [9.17, 15) is 59.4 Å². The molecule has 0 saturated heterocycles. The van der Waals surface area contributed by atoms with Gasteiger partial charge in [0.05, 0.1) is 11.9 Å². The number of carboxylic acid groups (broad SMARTS) is 6. The molecule has 0 fully saturated rings. The first-order chi connectivity index (χ1) is 11.6. The monoisotopic (exact) mass is 474 g/mol. The SMILES string of the molecule is O=C([O-])CC(O)(CC(=O)[O-])C(=O)[O-].O=C([O-])CC(O)(CC(=O)[O-])C(=O)[O-].[Al+3].[Na+].[Na+].[Na+]. The molecule has 0 heterocycles. The quantitative estimate of drug-likeness (QED) is 0.278. The third-order valence-corrected chi connectivity index (χ3v) is 2.51. The van der Waals surface area contributed by atoms with Gasteiger partial charge in [-0.25, -0.2) is 0 Å². The Hall–Kier alpha value is 0.272. The summed E-state index contributed by atoms with van der Waals surface area (Å²) in [5.41, 5.74) is -5.95. The number of aliphatic carboxylic acids is 6. The molecule has 30 heavy (non-hydrogen) atoms. The first-order valence-corrected chi connectivity index (χ1v) is 6.23. The van der Waals surface area contributed by atoms with Crippen molar-refractivity contribution in [1.29, 1.82) is 0 Å². The van der Waals surface area contributed by atoms with E-state index < -0.39 is 72.7 Å². The number of rotatable bonds is 10. The van der Waals surface area contributed by atoms with E-state index in [2.05, 4.69) is 0 Å². The largest absolute Gasteiger partial charge is 3.00 e. The van der Waals surface area contributed by atoms with Gasteiger partial charge >= 0.3 is 106 Å². The fraction of sp³-hybridized carbons (Fsp3) is 0.500. The van der Waals surface area contributed by atoms with Gasteiger partial charge in [0.1, 0.15) is 11.2 Å². The van der Waals surface area contributed by atoms with Crippen LogP contribution in [0, 0.1) is 0 Å². The second kappa shape index (κ2) is 19.9. The maximum atomic E-state index is 10.1. The van der Waals surface area contributed by atoms with E-state index >= 15 is 0 Å². The molecule has 0 aromatic carbocycles. The predicted molar refractivity (Wildman–Crippen MR) is 64.2 cm³/mol. The zero-order valence-electron chi connectivity index (χ0n) is 16.2. The Morgan fingerprint density at radius 3 is 0.700 bits per heavy atom. The summed E-state index contributed by atoms with van der Waals surface area (Å²) in [5, 5.41) is 77.9. The van der Waals surface area contributed by atoms with Crippen molar-refractivity contribution in [3.05, 3.63) is 0 Å². The van der Waals surface area contributed by atoms with Crippen LogP contribution in [0.15, 0.2) is 0 Å². The fourth-order valence-corrected chi connectivity index (χ4v) is 1.37. The van der Waals surface area contributed by atoms with Crippen molar-refractivity contribution in [2.45, 2.75) is 36.9 Å². The average Bonchev–Trinajstić information content (AvgIpc) is 2.34. The maximum absolute atomic E-state index is 10.1.